The number of nitrogens with zero attached hydrogens (tertiary/aromatic N) is 1. The van der Waals surface area contributed by atoms with Gasteiger partial charge in [-0.15, -0.1) is 0 Å². The molecule has 1 saturated carbocycles. The third-order valence-electron chi connectivity index (χ3n) is 3.89. The summed E-state index contributed by atoms with van der Waals surface area (Å²) in [6.07, 6.45) is 5.18. The molecule has 1 heterocycles. The number of hydrogen-bond acceptors (Lipinski definition) is 2. The molecule has 2 atom stereocenters. The van der Waals surface area contributed by atoms with Gasteiger partial charge in [-0.05, 0) is 38.5 Å². The van der Waals surface area contributed by atoms with E-state index in [0.717, 1.165) is 19.4 Å². The number of β-amino-alcohol motifs (C(OH)–C–C–N with tert-alkyl or cyclic N) is 1. The van der Waals surface area contributed by atoms with Gasteiger partial charge in [0.15, 0.2) is 0 Å². The van der Waals surface area contributed by atoms with E-state index in [1.54, 1.807) is 4.90 Å². The Morgan fingerprint density at radius 1 is 1.38 bits per heavy atom. The summed E-state index contributed by atoms with van der Waals surface area (Å²) < 4.78 is 0. The van der Waals surface area contributed by atoms with Crippen LogP contribution in [0.25, 0.3) is 0 Å². The van der Waals surface area contributed by atoms with Crippen molar-refractivity contribution in [1.82, 2.24) is 10.2 Å². The molecule has 2 unspecified atom stereocenters. The molecule has 0 radical (unpaired) electrons. The molecule has 2 fully saturated rings. The Balaban J connectivity index is 1.77. The molecule has 0 aromatic heterocycles. The lowest BCUT2D eigenvalue weighted by Crippen LogP contribution is -2.51. The summed E-state index contributed by atoms with van der Waals surface area (Å²) in [5.74, 6) is 0.665. The molecule has 92 valence electrons. The van der Waals surface area contributed by atoms with Crippen LogP contribution in [0.3, 0.4) is 0 Å². The first-order chi connectivity index (χ1) is 7.66. The summed E-state index contributed by atoms with van der Waals surface area (Å²) in [5.41, 5.74) is 0. The highest BCUT2D eigenvalue weighted by atomic mass is 16.3. The number of urea groups is 1. The number of hydrogen-bond donors (Lipinski definition) is 2. The molecule has 2 amide bonds. The van der Waals surface area contributed by atoms with Crippen LogP contribution in [-0.2, 0) is 0 Å². The van der Waals surface area contributed by atoms with Crippen LogP contribution >= 0.6 is 0 Å². The number of rotatable bonds is 2. The quantitative estimate of drug-likeness (QED) is 0.746. The topological polar surface area (TPSA) is 52.6 Å². The molecule has 16 heavy (non-hydrogen) atoms. The van der Waals surface area contributed by atoms with Crippen LogP contribution in [0.5, 0.6) is 0 Å². The minimum Gasteiger partial charge on any atom is -0.391 e. The second kappa shape index (κ2) is 5.04. The van der Waals surface area contributed by atoms with Crippen molar-refractivity contribution in [3.8, 4) is 0 Å². The van der Waals surface area contributed by atoms with Crippen molar-refractivity contribution in [2.75, 3.05) is 13.1 Å². The standard InChI is InChI=1S/C12H22N2O2/c1-9(10-4-2-5-10)13-12(16)14-7-3-6-11(15)8-14/h9-11,15H,2-8H2,1H3,(H,13,16). The molecule has 2 N–H and O–H groups in total. The van der Waals surface area contributed by atoms with E-state index in [0.29, 0.717) is 12.5 Å². The number of aliphatic hydroxyl groups is 1. The molecule has 0 spiro atoms. The number of piperidine rings is 1. The van der Waals surface area contributed by atoms with Crippen molar-refractivity contribution in [3.05, 3.63) is 0 Å². The van der Waals surface area contributed by atoms with Gasteiger partial charge in [0.2, 0.25) is 0 Å². The van der Waals surface area contributed by atoms with E-state index in [-0.39, 0.29) is 18.2 Å². The summed E-state index contributed by atoms with van der Waals surface area (Å²) in [7, 11) is 0. The van der Waals surface area contributed by atoms with E-state index < -0.39 is 0 Å². The van der Waals surface area contributed by atoms with Crippen LogP contribution < -0.4 is 5.32 Å². The molecular formula is C12H22N2O2. The Morgan fingerprint density at radius 3 is 2.69 bits per heavy atom. The fraction of sp³-hybridized carbons (Fsp3) is 0.917. The molecule has 0 bridgehead atoms. The Kier molecular flexibility index (Phi) is 3.69. The average Bonchev–Trinajstić information content (AvgIpc) is 2.14. The van der Waals surface area contributed by atoms with Crippen LogP contribution in [0.15, 0.2) is 0 Å². The third-order valence-corrected chi connectivity index (χ3v) is 3.89. The molecule has 4 nitrogen and oxygen atoms in total. The first-order valence-electron chi connectivity index (χ1n) is 6.40. The summed E-state index contributed by atoms with van der Waals surface area (Å²) >= 11 is 0. The minimum atomic E-state index is -0.335. The van der Waals surface area contributed by atoms with Crippen molar-refractivity contribution in [1.29, 1.82) is 0 Å². The molecule has 1 saturated heterocycles. The first kappa shape index (κ1) is 11.7. The van der Waals surface area contributed by atoms with Gasteiger partial charge in [-0.2, -0.15) is 0 Å². The van der Waals surface area contributed by atoms with Gasteiger partial charge < -0.3 is 15.3 Å². The number of likely N-dealkylation sites (tertiary alicyclic amines) is 1. The van der Waals surface area contributed by atoms with Crippen molar-refractivity contribution in [2.24, 2.45) is 5.92 Å². The monoisotopic (exact) mass is 226 g/mol. The van der Waals surface area contributed by atoms with Gasteiger partial charge >= 0.3 is 6.03 Å². The van der Waals surface area contributed by atoms with E-state index in [9.17, 15) is 9.90 Å². The smallest absolute Gasteiger partial charge is 0.317 e. The first-order valence-corrected chi connectivity index (χ1v) is 6.40. The van der Waals surface area contributed by atoms with Crippen LogP contribution in [0.2, 0.25) is 0 Å². The number of amides is 2. The van der Waals surface area contributed by atoms with E-state index in [1.165, 1.54) is 19.3 Å². The van der Waals surface area contributed by atoms with Crippen molar-refractivity contribution in [3.63, 3.8) is 0 Å². The van der Waals surface area contributed by atoms with Crippen molar-refractivity contribution in [2.45, 2.75) is 51.2 Å². The van der Waals surface area contributed by atoms with E-state index in [2.05, 4.69) is 12.2 Å². The second-order valence-electron chi connectivity index (χ2n) is 5.17. The highest BCUT2D eigenvalue weighted by molar-refractivity contribution is 5.74. The maximum absolute atomic E-state index is 11.9. The number of nitrogens with one attached hydrogen (secondary N) is 1. The van der Waals surface area contributed by atoms with Gasteiger partial charge in [-0.25, -0.2) is 4.79 Å². The van der Waals surface area contributed by atoms with Gasteiger partial charge in [0.1, 0.15) is 0 Å². The second-order valence-corrected chi connectivity index (χ2v) is 5.17. The molecular weight excluding hydrogens is 204 g/mol. The predicted molar refractivity (Wildman–Crippen MR) is 62.1 cm³/mol. The highest BCUT2D eigenvalue weighted by Gasteiger charge is 2.28. The van der Waals surface area contributed by atoms with Crippen molar-refractivity contribution >= 4 is 6.03 Å². The third kappa shape index (κ3) is 2.67. The Hall–Kier alpha value is -0.770. The molecule has 0 aromatic carbocycles. The Morgan fingerprint density at radius 2 is 2.12 bits per heavy atom. The highest BCUT2D eigenvalue weighted by Crippen LogP contribution is 2.29. The molecule has 1 aliphatic carbocycles. The van der Waals surface area contributed by atoms with Gasteiger partial charge in [0.05, 0.1) is 6.10 Å². The number of aliphatic hydroxyl groups excluding tert-OH is 1. The Labute approximate surface area is 97.0 Å². The fourth-order valence-electron chi connectivity index (χ4n) is 2.48. The molecule has 2 aliphatic rings. The lowest BCUT2D eigenvalue weighted by Gasteiger charge is -2.35. The van der Waals surface area contributed by atoms with Gasteiger partial charge in [0, 0.05) is 19.1 Å². The van der Waals surface area contributed by atoms with E-state index >= 15 is 0 Å². The zero-order valence-electron chi connectivity index (χ0n) is 9.98. The fourth-order valence-corrected chi connectivity index (χ4v) is 2.48. The maximum atomic E-state index is 11.9. The zero-order valence-corrected chi connectivity index (χ0v) is 9.98. The molecule has 2 rings (SSSR count). The average molecular weight is 226 g/mol. The van der Waals surface area contributed by atoms with Crippen LogP contribution in [0.1, 0.15) is 39.0 Å². The summed E-state index contributed by atoms with van der Waals surface area (Å²) in [5, 5.41) is 12.6. The lowest BCUT2D eigenvalue weighted by atomic mass is 9.80. The van der Waals surface area contributed by atoms with Crippen LogP contribution in [0, 0.1) is 5.92 Å². The maximum Gasteiger partial charge on any atom is 0.317 e. The summed E-state index contributed by atoms with van der Waals surface area (Å²) in [4.78, 5) is 13.6. The zero-order chi connectivity index (χ0) is 11.5. The minimum absolute atomic E-state index is 0.00171. The normalized spacial score (nSPS) is 28.4. The number of carbonyl (C=O) groups excluding carboxylic acids is 1. The summed E-state index contributed by atoms with van der Waals surface area (Å²) in [6.45, 7) is 3.35. The largest absolute Gasteiger partial charge is 0.391 e. The van der Waals surface area contributed by atoms with E-state index in [1.807, 2.05) is 0 Å². The van der Waals surface area contributed by atoms with Gasteiger partial charge in [0.25, 0.3) is 0 Å². The Bertz CT molecular complexity index is 253. The lowest BCUT2D eigenvalue weighted by molar-refractivity contribution is 0.0817. The van der Waals surface area contributed by atoms with Gasteiger partial charge in [-0.1, -0.05) is 6.42 Å². The van der Waals surface area contributed by atoms with E-state index in [4.69, 9.17) is 0 Å². The molecule has 1 aliphatic heterocycles. The van der Waals surface area contributed by atoms with Gasteiger partial charge in [-0.3, -0.25) is 0 Å². The van der Waals surface area contributed by atoms with Crippen LogP contribution in [0.4, 0.5) is 4.79 Å². The van der Waals surface area contributed by atoms with Crippen LogP contribution in [-0.4, -0.2) is 41.3 Å². The predicted octanol–water partition coefficient (Wildman–Crippen LogP) is 1.34. The summed E-state index contributed by atoms with van der Waals surface area (Å²) in [6, 6.07) is 0.276. The molecule has 0 aromatic rings. The SMILES string of the molecule is CC(NC(=O)N1CCCC(O)C1)C1CCC1. The van der Waals surface area contributed by atoms with Crippen molar-refractivity contribution < 1.29 is 9.90 Å². The number of carbonyl (C=O) groups is 1. The molecule has 4 heteroatoms.